The number of amides is 1. The molecule has 31 heavy (non-hydrogen) atoms. The van der Waals surface area contributed by atoms with Crippen molar-refractivity contribution in [2.45, 2.75) is 65.4 Å². The predicted molar refractivity (Wildman–Crippen MR) is 114 cm³/mol. The number of carbonyl (C=O) groups excluding carboxylic acids is 2. The summed E-state index contributed by atoms with van der Waals surface area (Å²) in [6.07, 6.45) is 4.09. The first-order valence-corrected chi connectivity index (χ1v) is 11.6. The number of rotatable bonds is 1. The SMILES string of the molecule is CC1(C)CC(=O)C2=C(C1)NC1=C(CN=N1)C21COC2(CN(C(=O)C3CC(C)(C)C3)C2)C1. The van der Waals surface area contributed by atoms with Crippen molar-refractivity contribution in [2.24, 2.45) is 32.4 Å². The highest BCUT2D eigenvalue weighted by atomic mass is 16.5. The second-order valence-electron chi connectivity index (χ2n) is 12.3. The minimum absolute atomic E-state index is 0.0642. The number of nitrogens with zero attached hydrogens (tertiary/aromatic N) is 3. The van der Waals surface area contributed by atoms with Gasteiger partial charge in [0.1, 0.15) is 5.60 Å². The molecular formula is C24H32N4O3. The zero-order valence-electron chi connectivity index (χ0n) is 19.0. The molecule has 6 rings (SSSR count). The molecule has 1 amide bonds. The third-order valence-electron chi connectivity index (χ3n) is 8.35. The van der Waals surface area contributed by atoms with Crippen LogP contribution in [0.1, 0.15) is 59.8 Å². The monoisotopic (exact) mass is 424 g/mol. The van der Waals surface area contributed by atoms with Crippen molar-refractivity contribution in [1.82, 2.24) is 10.2 Å². The molecule has 1 unspecified atom stereocenters. The van der Waals surface area contributed by atoms with Gasteiger partial charge in [0, 0.05) is 29.2 Å². The van der Waals surface area contributed by atoms with Gasteiger partial charge in [-0.3, -0.25) is 9.59 Å². The van der Waals surface area contributed by atoms with Gasteiger partial charge >= 0.3 is 0 Å². The second-order valence-corrected chi connectivity index (χ2v) is 12.3. The third-order valence-corrected chi connectivity index (χ3v) is 8.35. The van der Waals surface area contributed by atoms with E-state index in [4.69, 9.17) is 4.74 Å². The number of allylic oxidation sites excluding steroid dienone is 1. The Hall–Kier alpha value is -2.02. The summed E-state index contributed by atoms with van der Waals surface area (Å²) in [5.74, 6) is 1.48. The quantitative estimate of drug-likeness (QED) is 0.700. The van der Waals surface area contributed by atoms with E-state index in [0.717, 1.165) is 48.3 Å². The first-order chi connectivity index (χ1) is 14.5. The fourth-order valence-electron chi connectivity index (χ4n) is 7.07. The Bertz CT molecular complexity index is 990. The minimum Gasteiger partial charge on any atom is -0.370 e. The van der Waals surface area contributed by atoms with E-state index >= 15 is 0 Å². The van der Waals surface area contributed by atoms with E-state index in [-0.39, 0.29) is 28.6 Å². The highest BCUT2D eigenvalue weighted by Gasteiger charge is 2.63. The van der Waals surface area contributed by atoms with Crippen molar-refractivity contribution in [2.75, 3.05) is 26.2 Å². The van der Waals surface area contributed by atoms with Gasteiger partial charge in [-0.25, -0.2) is 0 Å². The molecule has 2 aliphatic carbocycles. The smallest absolute Gasteiger partial charge is 0.225 e. The van der Waals surface area contributed by atoms with Crippen molar-refractivity contribution >= 4 is 11.7 Å². The highest BCUT2D eigenvalue weighted by molar-refractivity contribution is 6.00. The average Bonchev–Trinajstić information content (AvgIpc) is 3.22. The lowest BCUT2D eigenvalue weighted by molar-refractivity contribution is -0.167. The summed E-state index contributed by atoms with van der Waals surface area (Å²) in [4.78, 5) is 28.2. The Morgan fingerprint density at radius 3 is 2.58 bits per heavy atom. The third kappa shape index (κ3) is 2.74. The lowest BCUT2D eigenvalue weighted by Crippen LogP contribution is -2.65. The first kappa shape index (κ1) is 19.6. The van der Waals surface area contributed by atoms with E-state index in [1.54, 1.807) is 0 Å². The summed E-state index contributed by atoms with van der Waals surface area (Å²) in [5, 5.41) is 12.1. The van der Waals surface area contributed by atoms with E-state index in [9.17, 15) is 9.59 Å². The normalized spacial score (nSPS) is 34.6. The molecule has 0 bridgehead atoms. The van der Waals surface area contributed by atoms with Crippen LogP contribution in [0.15, 0.2) is 32.9 Å². The number of ether oxygens (including phenoxy) is 1. The molecule has 7 nitrogen and oxygen atoms in total. The van der Waals surface area contributed by atoms with Crippen molar-refractivity contribution in [1.29, 1.82) is 0 Å². The summed E-state index contributed by atoms with van der Waals surface area (Å²) in [6, 6.07) is 0. The molecular weight excluding hydrogens is 392 g/mol. The van der Waals surface area contributed by atoms with E-state index in [0.29, 0.717) is 38.1 Å². The van der Waals surface area contributed by atoms with E-state index in [2.05, 4.69) is 43.2 Å². The van der Waals surface area contributed by atoms with Crippen LogP contribution in [0.25, 0.3) is 0 Å². The molecule has 2 spiro atoms. The number of ketones is 1. The fourth-order valence-corrected chi connectivity index (χ4v) is 7.07. The van der Waals surface area contributed by atoms with Crippen LogP contribution in [-0.2, 0) is 14.3 Å². The molecule has 4 heterocycles. The van der Waals surface area contributed by atoms with Gasteiger partial charge in [0.25, 0.3) is 0 Å². The number of Topliss-reactive ketones (excluding diaryl/α,β-unsaturated/α-hetero) is 1. The average molecular weight is 425 g/mol. The van der Waals surface area contributed by atoms with Crippen LogP contribution in [0.2, 0.25) is 0 Å². The maximum absolute atomic E-state index is 13.4. The Morgan fingerprint density at radius 1 is 1.13 bits per heavy atom. The van der Waals surface area contributed by atoms with Crippen LogP contribution in [0.5, 0.6) is 0 Å². The molecule has 4 aliphatic heterocycles. The number of carbonyl (C=O) groups is 2. The van der Waals surface area contributed by atoms with Crippen molar-refractivity contribution < 1.29 is 14.3 Å². The van der Waals surface area contributed by atoms with Crippen LogP contribution in [0.3, 0.4) is 0 Å². The number of nitrogens with one attached hydrogen (secondary N) is 1. The second kappa shape index (κ2) is 5.85. The van der Waals surface area contributed by atoms with Gasteiger partial charge in [0.05, 0.1) is 31.7 Å². The molecule has 7 heteroatoms. The van der Waals surface area contributed by atoms with Crippen LogP contribution in [0, 0.1) is 22.2 Å². The van der Waals surface area contributed by atoms with Crippen LogP contribution >= 0.6 is 0 Å². The summed E-state index contributed by atoms with van der Waals surface area (Å²) >= 11 is 0. The Labute approximate surface area is 183 Å². The molecule has 0 radical (unpaired) electrons. The van der Waals surface area contributed by atoms with Crippen LogP contribution < -0.4 is 5.32 Å². The van der Waals surface area contributed by atoms with Crippen molar-refractivity contribution in [3.63, 3.8) is 0 Å². The lowest BCUT2D eigenvalue weighted by atomic mass is 9.60. The number of likely N-dealkylation sites (tertiary alicyclic amines) is 1. The van der Waals surface area contributed by atoms with E-state index in [1.807, 2.05) is 4.90 Å². The molecule has 1 atom stereocenters. The molecule has 0 aromatic rings. The largest absolute Gasteiger partial charge is 0.370 e. The highest BCUT2D eigenvalue weighted by Crippen LogP contribution is 2.59. The zero-order valence-corrected chi connectivity index (χ0v) is 19.0. The molecule has 6 aliphatic rings. The first-order valence-electron chi connectivity index (χ1n) is 11.6. The molecule has 0 aromatic carbocycles. The zero-order chi connectivity index (χ0) is 21.8. The number of dihydropyridines is 1. The van der Waals surface area contributed by atoms with Gasteiger partial charge in [0.2, 0.25) is 5.91 Å². The fraction of sp³-hybridized carbons (Fsp3) is 0.750. The summed E-state index contributed by atoms with van der Waals surface area (Å²) in [6.45, 7) is 11.0. The van der Waals surface area contributed by atoms with Gasteiger partial charge in [0.15, 0.2) is 11.6 Å². The standard InChI is InChI=1S/C24H32N4O3/c1-21(2)5-14(6-21)20(30)28-11-23(12-28)10-24(13-31-23)15-9-25-27-19(15)26-16-7-22(3,4)8-17(29)18(16)24/h14,26H,5-13H2,1-4H3. The Balaban J connectivity index is 1.26. The Morgan fingerprint density at radius 2 is 1.87 bits per heavy atom. The number of azo groups is 1. The lowest BCUT2D eigenvalue weighted by Gasteiger charge is -2.52. The van der Waals surface area contributed by atoms with E-state index < -0.39 is 5.41 Å². The summed E-state index contributed by atoms with van der Waals surface area (Å²) in [5.41, 5.74) is 2.44. The van der Waals surface area contributed by atoms with Gasteiger partial charge < -0.3 is 15.0 Å². The van der Waals surface area contributed by atoms with Gasteiger partial charge in [-0.1, -0.05) is 27.7 Å². The van der Waals surface area contributed by atoms with Gasteiger partial charge in [-0.15, -0.1) is 5.11 Å². The topological polar surface area (TPSA) is 83.4 Å². The summed E-state index contributed by atoms with van der Waals surface area (Å²) < 4.78 is 6.45. The molecule has 0 aromatic heterocycles. The van der Waals surface area contributed by atoms with Crippen LogP contribution in [-0.4, -0.2) is 48.4 Å². The number of hydrogen-bond acceptors (Lipinski definition) is 6. The molecule has 166 valence electrons. The van der Waals surface area contributed by atoms with Crippen molar-refractivity contribution in [3.05, 3.63) is 22.7 Å². The number of hydrogen-bond donors (Lipinski definition) is 1. The molecule has 1 saturated carbocycles. The predicted octanol–water partition coefficient (Wildman–Crippen LogP) is 3.33. The van der Waals surface area contributed by atoms with Crippen molar-refractivity contribution in [3.8, 4) is 0 Å². The van der Waals surface area contributed by atoms with E-state index in [1.165, 1.54) is 0 Å². The summed E-state index contributed by atoms with van der Waals surface area (Å²) in [7, 11) is 0. The molecule has 2 saturated heterocycles. The maximum Gasteiger partial charge on any atom is 0.225 e. The van der Waals surface area contributed by atoms with Gasteiger partial charge in [-0.05, 0) is 36.5 Å². The minimum atomic E-state index is -0.444. The van der Waals surface area contributed by atoms with Gasteiger partial charge in [-0.2, -0.15) is 5.11 Å². The maximum atomic E-state index is 13.4. The Kier molecular flexibility index (Phi) is 3.71. The molecule has 3 fully saturated rings. The van der Waals surface area contributed by atoms with Crippen LogP contribution in [0.4, 0.5) is 0 Å². The molecule has 1 N–H and O–H groups in total. The number of fused-ring (bicyclic) bond motifs is 2.